The molecule has 152 valence electrons. The molecule has 1 aliphatic rings. The van der Waals surface area contributed by atoms with E-state index in [9.17, 15) is 4.79 Å². The smallest absolute Gasteiger partial charge is 0.336 e. The van der Waals surface area contributed by atoms with E-state index in [1.807, 2.05) is 25.1 Å². The number of benzene rings is 2. The summed E-state index contributed by atoms with van der Waals surface area (Å²) in [4.78, 5) is 16.9. The highest BCUT2D eigenvalue weighted by atomic mass is 16.5. The summed E-state index contributed by atoms with van der Waals surface area (Å²) in [6.07, 6.45) is 0. The molecule has 0 bridgehead atoms. The third kappa shape index (κ3) is 4.69. The standard InChI is InChI=1S/C24H28N2O3/c1-3-28-21-8-9-23-22(15-21)20(14-24(27)29-23)17-26-12-10-25(11-13-26)16-19-7-5-4-6-18(19)2/h4-9,14-15H,3,10-13,16-17H2,1-2H3. The summed E-state index contributed by atoms with van der Waals surface area (Å²) in [7, 11) is 0. The number of ether oxygens (including phenoxy) is 1. The highest BCUT2D eigenvalue weighted by Crippen LogP contribution is 2.24. The highest BCUT2D eigenvalue weighted by Gasteiger charge is 2.19. The van der Waals surface area contributed by atoms with Crippen molar-refractivity contribution in [2.45, 2.75) is 26.9 Å². The Morgan fingerprint density at radius 2 is 1.62 bits per heavy atom. The molecule has 4 rings (SSSR count). The van der Waals surface area contributed by atoms with Crippen molar-refractivity contribution >= 4 is 11.0 Å². The van der Waals surface area contributed by atoms with Crippen molar-refractivity contribution in [3.63, 3.8) is 0 Å². The zero-order valence-electron chi connectivity index (χ0n) is 17.2. The van der Waals surface area contributed by atoms with Gasteiger partial charge >= 0.3 is 5.63 Å². The zero-order valence-corrected chi connectivity index (χ0v) is 17.2. The van der Waals surface area contributed by atoms with Crippen LogP contribution in [0, 0.1) is 6.92 Å². The molecule has 0 N–H and O–H groups in total. The normalized spacial score (nSPS) is 15.7. The van der Waals surface area contributed by atoms with Gasteiger partial charge in [-0.1, -0.05) is 24.3 Å². The lowest BCUT2D eigenvalue weighted by molar-refractivity contribution is 0.122. The summed E-state index contributed by atoms with van der Waals surface area (Å²) in [5.41, 5.74) is 4.08. The number of hydrogen-bond donors (Lipinski definition) is 0. The fourth-order valence-corrected chi connectivity index (χ4v) is 3.97. The second-order valence-corrected chi connectivity index (χ2v) is 7.66. The van der Waals surface area contributed by atoms with Gasteiger partial charge < -0.3 is 9.15 Å². The van der Waals surface area contributed by atoms with E-state index in [0.29, 0.717) is 12.2 Å². The van der Waals surface area contributed by atoms with Crippen LogP contribution in [0.25, 0.3) is 11.0 Å². The van der Waals surface area contributed by atoms with Gasteiger partial charge in [0.05, 0.1) is 6.61 Å². The minimum Gasteiger partial charge on any atom is -0.494 e. The molecular formula is C24H28N2O3. The van der Waals surface area contributed by atoms with Crippen LogP contribution in [0.1, 0.15) is 23.6 Å². The molecule has 0 amide bonds. The average molecular weight is 392 g/mol. The van der Waals surface area contributed by atoms with E-state index in [2.05, 4.69) is 41.0 Å². The monoisotopic (exact) mass is 392 g/mol. The fraction of sp³-hybridized carbons (Fsp3) is 0.375. The van der Waals surface area contributed by atoms with Gasteiger partial charge in [0.15, 0.2) is 0 Å². The molecule has 5 heteroatoms. The Kier molecular flexibility index (Phi) is 5.97. The van der Waals surface area contributed by atoms with Gasteiger partial charge in [-0.3, -0.25) is 9.80 Å². The van der Waals surface area contributed by atoms with E-state index in [1.54, 1.807) is 6.07 Å². The molecule has 0 unspecified atom stereocenters. The largest absolute Gasteiger partial charge is 0.494 e. The lowest BCUT2D eigenvalue weighted by Crippen LogP contribution is -2.45. The summed E-state index contributed by atoms with van der Waals surface area (Å²) in [6, 6.07) is 15.9. The summed E-state index contributed by atoms with van der Waals surface area (Å²) in [5, 5.41) is 0.956. The first kappa shape index (κ1) is 19.7. The van der Waals surface area contributed by atoms with Crippen LogP contribution < -0.4 is 10.4 Å². The molecule has 5 nitrogen and oxygen atoms in total. The first-order valence-corrected chi connectivity index (χ1v) is 10.3. The van der Waals surface area contributed by atoms with Crippen LogP contribution in [0.3, 0.4) is 0 Å². The third-order valence-corrected chi connectivity index (χ3v) is 5.62. The second kappa shape index (κ2) is 8.80. The summed E-state index contributed by atoms with van der Waals surface area (Å²) < 4.78 is 11.0. The summed E-state index contributed by atoms with van der Waals surface area (Å²) >= 11 is 0. The van der Waals surface area contributed by atoms with Gasteiger partial charge in [0, 0.05) is 50.7 Å². The molecule has 3 aromatic rings. The molecule has 1 aliphatic heterocycles. The van der Waals surface area contributed by atoms with Gasteiger partial charge in [-0.15, -0.1) is 0 Å². The summed E-state index contributed by atoms with van der Waals surface area (Å²) in [6.45, 7) is 10.5. The van der Waals surface area contributed by atoms with E-state index in [4.69, 9.17) is 9.15 Å². The molecule has 2 heterocycles. The summed E-state index contributed by atoms with van der Waals surface area (Å²) in [5.74, 6) is 0.804. The molecule has 0 saturated carbocycles. The van der Waals surface area contributed by atoms with Crippen molar-refractivity contribution in [2.24, 2.45) is 0 Å². The lowest BCUT2D eigenvalue weighted by Gasteiger charge is -2.35. The molecule has 0 aliphatic carbocycles. The second-order valence-electron chi connectivity index (χ2n) is 7.66. The first-order valence-electron chi connectivity index (χ1n) is 10.3. The van der Waals surface area contributed by atoms with Crippen LogP contribution in [0.4, 0.5) is 0 Å². The van der Waals surface area contributed by atoms with E-state index < -0.39 is 0 Å². The lowest BCUT2D eigenvalue weighted by atomic mass is 10.1. The average Bonchev–Trinajstić information content (AvgIpc) is 2.72. The number of rotatable bonds is 6. The molecule has 0 atom stereocenters. The highest BCUT2D eigenvalue weighted by molar-refractivity contribution is 5.81. The van der Waals surface area contributed by atoms with E-state index >= 15 is 0 Å². The Morgan fingerprint density at radius 3 is 2.31 bits per heavy atom. The first-order chi connectivity index (χ1) is 14.1. The quantitative estimate of drug-likeness (QED) is 0.597. The molecule has 2 aromatic carbocycles. The Labute approximate surface area is 171 Å². The van der Waals surface area contributed by atoms with Gasteiger partial charge in [0.25, 0.3) is 0 Å². The van der Waals surface area contributed by atoms with Crippen LogP contribution >= 0.6 is 0 Å². The number of nitrogens with zero attached hydrogens (tertiary/aromatic N) is 2. The zero-order chi connectivity index (χ0) is 20.2. The van der Waals surface area contributed by atoms with Crippen molar-refractivity contribution in [2.75, 3.05) is 32.8 Å². The van der Waals surface area contributed by atoms with Gasteiger partial charge in [-0.2, -0.15) is 0 Å². The fourth-order valence-electron chi connectivity index (χ4n) is 3.97. The number of fused-ring (bicyclic) bond motifs is 1. The minimum atomic E-state index is -0.296. The van der Waals surface area contributed by atoms with Crippen molar-refractivity contribution < 1.29 is 9.15 Å². The van der Waals surface area contributed by atoms with Crippen molar-refractivity contribution in [3.8, 4) is 5.75 Å². The van der Waals surface area contributed by atoms with Gasteiger partial charge in [-0.25, -0.2) is 4.79 Å². The topological polar surface area (TPSA) is 45.9 Å². The number of aryl methyl sites for hydroxylation is 1. The maximum Gasteiger partial charge on any atom is 0.336 e. The number of hydrogen-bond acceptors (Lipinski definition) is 5. The van der Waals surface area contributed by atoms with E-state index in [1.165, 1.54) is 11.1 Å². The van der Waals surface area contributed by atoms with Crippen molar-refractivity contribution in [3.05, 3.63) is 75.6 Å². The Hall–Kier alpha value is -2.63. The molecule has 1 saturated heterocycles. The molecule has 1 aromatic heterocycles. The molecule has 1 fully saturated rings. The van der Waals surface area contributed by atoms with Gasteiger partial charge in [0.2, 0.25) is 0 Å². The van der Waals surface area contributed by atoms with Crippen molar-refractivity contribution in [1.29, 1.82) is 0 Å². The van der Waals surface area contributed by atoms with Gasteiger partial charge in [0.1, 0.15) is 11.3 Å². The van der Waals surface area contributed by atoms with Crippen molar-refractivity contribution in [1.82, 2.24) is 9.80 Å². The van der Waals surface area contributed by atoms with Crippen LogP contribution in [-0.4, -0.2) is 42.6 Å². The molecular weight excluding hydrogens is 364 g/mol. The Morgan fingerprint density at radius 1 is 0.931 bits per heavy atom. The third-order valence-electron chi connectivity index (χ3n) is 5.62. The van der Waals surface area contributed by atoms with Crippen LogP contribution in [-0.2, 0) is 13.1 Å². The Balaban J connectivity index is 1.45. The maximum atomic E-state index is 12.0. The maximum absolute atomic E-state index is 12.0. The Bertz CT molecular complexity index is 1040. The number of piperazine rings is 1. The molecule has 0 spiro atoms. The minimum absolute atomic E-state index is 0.296. The SMILES string of the molecule is CCOc1ccc2oc(=O)cc(CN3CCN(Cc4ccccc4C)CC3)c2c1. The van der Waals surface area contributed by atoms with Crippen LogP contribution in [0.5, 0.6) is 5.75 Å². The van der Waals surface area contributed by atoms with Gasteiger partial charge in [-0.05, 0) is 48.7 Å². The predicted octanol–water partition coefficient (Wildman–Crippen LogP) is 3.82. The van der Waals surface area contributed by atoms with Crippen LogP contribution in [0.15, 0.2) is 57.7 Å². The van der Waals surface area contributed by atoms with E-state index in [-0.39, 0.29) is 5.63 Å². The predicted molar refractivity (Wildman–Crippen MR) is 115 cm³/mol. The molecule has 29 heavy (non-hydrogen) atoms. The molecule has 0 radical (unpaired) electrons. The van der Waals surface area contributed by atoms with Crippen LogP contribution in [0.2, 0.25) is 0 Å². The van der Waals surface area contributed by atoms with E-state index in [0.717, 1.165) is 56.0 Å².